The van der Waals surface area contributed by atoms with Crippen LogP contribution in [0.1, 0.15) is 37.8 Å². The Balaban J connectivity index is 0.00000312. The van der Waals surface area contributed by atoms with Gasteiger partial charge in [-0.3, -0.25) is 9.59 Å². The summed E-state index contributed by atoms with van der Waals surface area (Å²) in [5, 5.41) is 2.83. The number of methoxy groups -OCH3 is 1. The van der Waals surface area contributed by atoms with Gasteiger partial charge in [-0.25, -0.2) is 0 Å². The van der Waals surface area contributed by atoms with Gasteiger partial charge in [-0.2, -0.15) is 0 Å². The quantitative estimate of drug-likeness (QED) is 0.732. The van der Waals surface area contributed by atoms with Crippen molar-refractivity contribution >= 4 is 24.2 Å². The number of nitrogens with one attached hydrogen (secondary N) is 1. The van der Waals surface area contributed by atoms with Crippen molar-refractivity contribution < 1.29 is 14.3 Å². The van der Waals surface area contributed by atoms with E-state index in [1.54, 1.807) is 7.11 Å². The van der Waals surface area contributed by atoms with E-state index in [1.807, 2.05) is 29.2 Å². The van der Waals surface area contributed by atoms with Gasteiger partial charge in [0.25, 0.3) is 0 Å². The lowest BCUT2D eigenvalue weighted by Crippen LogP contribution is -2.37. The number of halogens is 1. The molecular weight excluding hydrogens is 342 g/mol. The number of rotatable bonds is 8. The monoisotopic (exact) mass is 369 g/mol. The van der Waals surface area contributed by atoms with Crippen molar-refractivity contribution in [2.75, 3.05) is 26.7 Å². The largest absolute Gasteiger partial charge is 0.497 e. The van der Waals surface area contributed by atoms with E-state index in [4.69, 9.17) is 10.5 Å². The Morgan fingerprint density at radius 3 is 2.60 bits per heavy atom. The van der Waals surface area contributed by atoms with Crippen LogP contribution in [-0.4, -0.2) is 43.5 Å². The molecule has 1 aliphatic heterocycles. The van der Waals surface area contributed by atoms with E-state index in [0.29, 0.717) is 19.6 Å². The summed E-state index contributed by atoms with van der Waals surface area (Å²) in [6, 6.07) is 7.37. The molecule has 6 nitrogen and oxygen atoms in total. The van der Waals surface area contributed by atoms with Crippen molar-refractivity contribution in [2.24, 2.45) is 11.7 Å². The third-order valence-electron chi connectivity index (χ3n) is 4.42. The summed E-state index contributed by atoms with van der Waals surface area (Å²) in [4.78, 5) is 26.8. The minimum atomic E-state index is -0.380. The van der Waals surface area contributed by atoms with Crippen LogP contribution >= 0.6 is 12.4 Å². The average molecular weight is 370 g/mol. The van der Waals surface area contributed by atoms with Gasteiger partial charge in [-0.05, 0) is 24.1 Å². The van der Waals surface area contributed by atoms with Gasteiger partial charge in [-0.15, -0.1) is 12.4 Å². The maximum Gasteiger partial charge on any atom is 0.226 e. The number of ether oxygens (including phenoxy) is 1. The molecule has 25 heavy (non-hydrogen) atoms. The number of nitrogens with two attached hydrogens (primary N) is 1. The third-order valence-corrected chi connectivity index (χ3v) is 4.42. The number of hydrogen-bond donors (Lipinski definition) is 2. The molecule has 1 aromatic carbocycles. The first-order valence-electron chi connectivity index (χ1n) is 8.53. The van der Waals surface area contributed by atoms with Gasteiger partial charge in [0.05, 0.1) is 19.1 Å². The van der Waals surface area contributed by atoms with Gasteiger partial charge in [0.2, 0.25) is 11.8 Å². The van der Waals surface area contributed by atoms with Crippen molar-refractivity contribution in [3.8, 4) is 5.75 Å². The first-order chi connectivity index (χ1) is 11.6. The van der Waals surface area contributed by atoms with E-state index in [9.17, 15) is 9.59 Å². The van der Waals surface area contributed by atoms with Gasteiger partial charge in [0, 0.05) is 26.1 Å². The molecule has 1 saturated heterocycles. The maximum atomic E-state index is 12.5. The highest BCUT2D eigenvalue weighted by Crippen LogP contribution is 2.39. The van der Waals surface area contributed by atoms with Crippen LogP contribution in [0.4, 0.5) is 0 Å². The Kier molecular flexibility index (Phi) is 8.72. The van der Waals surface area contributed by atoms with E-state index in [2.05, 4.69) is 12.2 Å². The second kappa shape index (κ2) is 10.3. The van der Waals surface area contributed by atoms with Crippen molar-refractivity contribution in [3.63, 3.8) is 0 Å². The summed E-state index contributed by atoms with van der Waals surface area (Å²) in [5.41, 5.74) is 6.43. The van der Waals surface area contributed by atoms with Crippen molar-refractivity contribution in [1.82, 2.24) is 10.2 Å². The number of unbranched alkanes of at least 4 members (excludes halogenated alkanes) is 1. The third kappa shape index (κ3) is 5.09. The van der Waals surface area contributed by atoms with Crippen LogP contribution in [0.5, 0.6) is 5.75 Å². The molecule has 140 valence electrons. The van der Waals surface area contributed by atoms with Gasteiger partial charge in [0.15, 0.2) is 0 Å². The number of likely N-dealkylation sites (tertiary alicyclic amines) is 1. The zero-order chi connectivity index (χ0) is 17.5. The minimum absolute atomic E-state index is 0. The van der Waals surface area contributed by atoms with Crippen LogP contribution < -0.4 is 15.8 Å². The number of amides is 2. The fourth-order valence-electron chi connectivity index (χ4n) is 3.16. The van der Waals surface area contributed by atoms with Crippen LogP contribution in [0.3, 0.4) is 0 Å². The number of carbonyl (C=O) groups is 2. The number of carbonyl (C=O) groups excluding carboxylic acids is 2. The van der Waals surface area contributed by atoms with E-state index in [1.165, 1.54) is 0 Å². The van der Waals surface area contributed by atoms with Gasteiger partial charge in [-0.1, -0.05) is 25.5 Å². The zero-order valence-corrected chi connectivity index (χ0v) is 15.7. The Bertz CT molecular complexity index is 565. The normalized spacial score (nSPS) is 19.5. The molecule has 2 rings (SSSR count). The molecule has 0 radical (unpaired) electrons. The summed E-state index contributed by atoms with van der Waals surface area (Å²) in [6.07, 6.45) is 2.18. The van der Waals surface area contributed by atoms with E-state index in [0.717, 1.165) is 24.2 Å². The standard InChI is InChI=1S/C18H27N3O3.ClH/c1-3-4-11-21-16(22)12-15(18(23)20-10-9-19)17(21)13-5-7-14(24-2)8-6-13;/h5-8,15,17H,3-4,9-12,19H2,1-2H3,(H,20,23);1H. The highest BCUT2D eigenvalue weighted by atomic mass is 35.5. The molecule has 0 saturated carbocycles. The second-order valence-corrected chi connectivity index (χ2v) is 6.05. The van der Waals surface area contributed by atoms with E-state index >= 15 is 0 Å². The lowest BCUT2D eigenvalue weighted by atomic mass is 9.92. The first-order valence-corrected chi connectivity index (χ1v) is 8.53. The summed E-state index contributed by atoms with van der Waals surface area (Å²) in [5.74, 6) is 0.312. The second-order valence-electron chi connectivity index (χ2n) is 6.05. The predicted octanol–water partition coefficient (Wildman–Crippen LogP) is 1.88. The molecule has 1 aromatic rings. The molecule has 0 bridgehead atoms. The van der Waals surface area contributed by atoms with Crippen LogP contribution in [0.25, 0.3) is 0 Å². The minimum Gasteiger partial charge on any atom is -0.497 e. The van der Waals surface area contributed by atoms with Crippen LogP contribution in [0.2, 0.25) is 0 Å². The molecule has 0 spiro atoms. The van der Waals surface area contributed by atoms with Crippen molar-refractivity contribution in [1.29, 1.82) is 0 Å². The molecule has 0 aliphatic carbocycles. The molecule has 2 amide bonds. The number of benzene rings is 1. The Hall–Kier alpha value is -1.79. The van der Waals surface area contributed by atoms with Crippen LogP contribution in [0.15, 0.2) is 24.3 Å². The molecule has 0 aromatic heterocycles. The predicted molar refractivity (Wildman–Crippen MR) is 99.8 cm³/mol. The van der Waals surface area contributed by atoms with E-state index < -0.39 is 0 Å². The highest BCUT2D eigenvalue weighted by molar-refractivity contribution is 5.90. The molecule has 7 heteroatoms. The summed E-state index contributed by atoms with van der Waals surface area (Å²) in [7, 11) is 1.62. The fourth-order valence-corrected chi connectivity index (χ4v) is 3.16. The Morgan fingerprint density at radius 2 is 2.04 bits per heavy atom. The van der Waals surface area contributed by atoms with E-state index in [-0.39, 0.29) is 42.6 Å². The fraction of sp³-hybridized carbons (Fsp3) is 0.556. The average Bonchev–Trinajstić information content (AvgIpc) is 2.94. The van der Waals surface area contributed by atoms with Crippen LogP contribution in [-0.2, 0) is 9.59 Å². The van der Waals surface area contributed by atoms with Gasteiger partial charge in [0.1, 0.15) is 5.75 Å². The smallest absolute Gasteiger partial charge is 0.226 e. The SMILES string of the molecule is CCCCN1C(=O)CC(C(=O)NCCN)C1c1ccc(OC)cc1.Cl. The molecule has 1 aliphatic rings. The van der Waals surface area contributed by atoms with Gasteiger partial charge < -0.3 is 20.7 Å². The highest BCUT2D eigenvalue weighted by Gasteiger charge is 2.43. The molecule has 2 unspecified atom stereocenters. The lowest BCUT2D eigenvalue weighted by molar-refractivity contribution is -0.129. The van der Waals surface area contributed by atoms with Crippen molar-refractivity contribution in [2.45, 2.75) is 32.2 Å². The Labute approximate surface area is 155 Å². The zero-order valence-electron chi connectivity index (χ0n) is 14.9. The Morgan fingerprint density at radius 1 is 1.36 bits per heavy atom. The topological polar surface area (TPSA) is 84.7 Å². The van der Waals surface area contributed by atoms with Gasteiger partial charge >= 0.3 is 0 Å². The molecule has 1 heterocycles. The molecular formula is C18H28ClN3O3. The molecule has 3 N–H and O–H groups in total. The number of hydrogen-bond acceptors (Lipinski definition) is 4. The first kappa shape index (κ1) is 21.3. The summed E-state index contributed by atoms with van der Waals surface area (Å²) >= 11 is 0. The summed E-state index contributed by atoms with van der Waals surface area (Å²) < 4.78 is 5.20. The molecule has 1 fully saturated rings. The number of nitrogens with zero attached hydrogens (tertiary/aromatic N) is 1. The maximum absolute atomic E-state index is 12.5. The lowest BCUT2D eigenvalue weighted by Gasteiger charge is -2.28. The summed E-state index contributed by atoms with van der Waals surface area (Å²) in [6.45, 7) is 3.58. The van der Waals surface area contributed by atoms with Crippen molar-refractivity contribution in [3.05, 3.63) is 29.8 Å². The molecule has 2 atom stereocenters. The van der Waals surface area contributed by atoms with Crippen LogP contribution in [0, 0.1) is 5.92 Å².